The predicted molar refractivity (Wildman–Crippen MR) is 103 cm³/mol. The lowest BCUT2D eigenvalue weighted by Crippen LogP contribution is -2.68. The van der Waals surface area contributed by atoms with Crippen molar-refractivity contribution < 1.29 is 43.0 Å². The second-order valence-electron chi connectivity index (χ2n) is 8.01. The average Bonchev–Trinajstić information content (AvgIpc) is 3.06. The zero-order chi connectivity index (χ0) is 22.4. The number of ether oxygens (including phenoxy) is 1. The fraction of sp³-hybridized carbons (Fsp3) is 0.455. The van der Waals surface area contributed by atoms with Gasteiger partial charge in [0.1, 0.15) is 24.5 Å². The van der Waals surface area contributed by atoms with E-state index in [0.717, 1.165) is 37.9 Å². The molecule has 166 valence electrons. The number of benzene rings is 1. The molecule has 1 aromatic heterocycles. The number of para-hydroxylation sites is 1. The number of allylic oxidation sites excluding steroid dienone is 1. The highest BCUT2D eigenvalue weighted by molar-refractivity contribution is 6.20. The van der Waals surface area contributed by atoms with Crippen LogP contribution in [0.4, 0.5) is 0 Å². The quantitative estimate of drug-likeness (QED) is 0.431. The molecule has 4 heterocycles. The summed E-state index contributed by atoms with van der Waals surface area (Å²) in [6, 6.07) is 8.49. The molecule has 0 spiro atoms. The number of hydrogen-bond donors (Lipinski definition) is 0. The van der Waals surface area contributed by atoms with Crippen LogP contribution in [0, 0.1) is 15.7 Å². The number of carbonyl (C=O) groups excluding carboxylic acids is 1. The first-order valence-electron chi connectivity index (χ1n) is 10.5. The number of fused-ring (bicyclic) bond motifs is 3. The smallest absolute Gasteiger partial charge is 0.355 e. The zero-order valence-corrected chi connectivity index (χ0v) is 18.3. The van der Waals surface area contributed by atoms with Gasteiger partial charge in [0.25, 0.3) is 0 Å². The lowest BCUT2D eigenvalue weighted by Gasteiger charge is -2.39. The van der Waals surface area contributed by atoms with E-state index < -0.39 is 10.2 Å². The van der Waals surface area contributed by atoms with Crippen molar-refractivity contribution in [3.8, 4) is 0 Å². The lowest BCUT2D eigenvalue weighted by molar-refractivity contribution is -2.00. The second-order valence-corrected chi connectivity index (χ2v) is 8.76. The van der Waals surface area contributed by atoms with E-state index in [2.05, 4.69) is 46.4 Å². The minimum absolute atomic E-state index is 0.0418. The molecular weight excluding hydrogens is 424 g/mol. The van der Waals surface area contributed by atoms with E-state index in [0.29, 0.717) is 12.3 Å². The maximum atomic E-state index is 12.9. The molecule has 0 fully saturated rings. The van der Waals surface area contributed by atoms with Crippen molar-refractivity contribution in [1.29, 1.82) is 0 Å². The van der Waals surface area contributed by atoms with Crippen molar-refractivity contribution in [1.82, 2.24) is 4.57 Å². The molecule has 0 saturated carbocycles. The first-order valence-corrected chi connectivity index (χ1v) is 11.7. The van der Waals surface area contributed by atoms with Crippen molar-refractivity contribution in [2.24, 2.45) is 5.41 Å². The Bertz CT molecular complexity index is 1090. The van der Waals surface area contributed by atoms with E-state index in [1.807, 2.05) is 6.92 Å². The van der Waals surface area contributed by atoms with Crippen LogP contribution in [0.5, 0.6) is 0 Å². The summed E-state index contributed by atoms with van der Waals surface area (Å²) < 4.78 is 44.2. The van der Waals surface area contributed by atoms with Gasteiger partial charge in [-0.05, 0) is 37.5 Å². The number of nitrogens with zero attached hydrogens (tertiary/aromatic N) is 2. The number of carbonyl (C=O) groups is 1. The molecule has 3 aliphatic heterocycles. The van der Waals surface area contributed by atoms with Crippen molar-refractivity contribution in [2.45, 2.75) is 39.5 Å². The van der Waals surface area contributed by atoms with Gasteiger partial charge in [-0.3, -0.25) is 4.57 Å². The molecule has 0 N–H and O–H groups in total. The Hall–Kier alpha value is -2.23. The van der Waals surface area contributed by atoms with Crippen LogP contribution >= 0.6 is 0 Å². The van der Waals surface area contributed by atoms with Gasteiger partial charge in [0.05, 0.1) is 17.5 Å². The SMILES string of the molecule is CCOC(=O)C1=C[C@]2(CC)CCC[N+]3=C2c2c(c4ccccc4n21)CC3.[O-][Cl+3]([O-])([O-])[O-]. The monoisotopic (exact) mass is 448 g/mol. The summed E-state index contributed by atoms with van der Waals surface area (Å²) in [5.41, 5.74) is 5.91. The third kappa shape index (κ3) is 3.79. The van der Waals surface area contributed by atoms with Crippen molar-refractivity contribution in [3.05, 3.63) is 41.6 Å². The zero-order valence-electron chi connectivity index (χ0n) is 17.6. The Morgan fingerprint density at radius 1 is 1.19 bits per heavy atom. The molecule has 9 heteroatoms. The highest BCUT2D eigenvalue weighted by atomic mass is 35.7. The molecule has 0 saturated heterocycles. The number of hydrogen-bond acceptors (Lipinski definition) is 6. The molecule has 3 aliphatic rings. The summed E-state index contributed by atoms with van der Waals surface area (Å²) in [5, 5.41) is 1.28. The summed E-state index contributed by atoms with van der Waals surface area (Å²) in [7, 11) is -4.94. The molecule has 1 atom stereocenters. The molecule has 1 aromatic carbocycles. The molecule has 0 unspecified atom stereocenters. The third-order valence-corrected chi connectivity index (χ3v) is 6.44. The molecular formula is C22H25ClN2O6. The van der Waals surface area contributed by atoms with Crippen molar-refractivity contribution in [3.63, 3.8) is 0 Å². The molecule has 0 bridgehead atoms. The summed E-state index contributed by atoms with van der Waals surface area (Å²) in [6.07, 6.45) is 6.57. The molecule has 0 radical (unpaired) electrons. The van der Waals surface area contributed by atoms with Crippen LogP contribution in [0.15, 0.2) is 30.3 Å². The number of halogens is 1. The van der Waals surface area contributed by atoms with Crippen LogP contribution in [0.2, 0.25) is 0 Å². The van der Waals surface area contributed by atoms with Crippen LogP contribution in [0.1, 0.15) is 44.4 Å². The Morgan fingerprint density at radius 3 is 2.58 bits per heavy atom. The van der Waals surface area contributed by atoms with Crippen LogP contribution in [0.3, 0.4) is 0 Å². The minimum atomic E-state index is -4.94. The summed E-state index contributed by atoms with van der Waals surface area (Å²) in [6.45, 7) is 6.74. The summed E-state index contributed by atoms with van der Waals surface area (Å²) in [4.78, 5) is 12.9. The van der Waals surface area contributed by atoms with Gasteiger partial charge in [0.15, 0.2) is 0 Å². The van der Waals surface area contributed by atoms with Gasteiger partial charge in [0, 0.05) is 18.2 Å². The van der Waals surface area contributed by atoms with Crippen LogP contribution in [-0.4, -0.2) is 40.5 Å². The first kappa shape index (κ1) is 22.0. The van der Waals surface area contributed by atoms with E-state index in [1.165, 1.54) is 28.8 Å². The third-order valence-electron chi connectivity index (χ3n) is 6.44. The van der Waals surface area contributed by atoms with E-state index in [1.54, 1.807) is 0 Å². The number of esters is 1. The van der Waals surface area contributed by atoms with Crippen molar-refractivity contribution in [2.75, 3.05) is 19.7 Å². The van der Waals surface area contributed by atoms with E-state index in [-0.39, 0.29) is 11.4 Å². The van der Waals surface area contributed by atoms with Gasteiger partial charge >= 0.3 is 5.97 Å². The fourth-order valence-corrected chi connectivity index (χ4v) is 5.31. The Kier molecular flexibility index (Phi) is 5.70. The Morgan fingerprint density at radius 2 is 1.90 bits per heavy atom. The predicted octanol–water partition coefficient (Wildman–Crippen LogP) is -1.15. The van der Waals surface area contributed by atoms with E-state index >= 15 is 0 Å². The van der Waals surface area contributed by atoms with Gasteiger partial charge in [-0.25, -0.2) is 28.0 Å². The largest absolute Gasteiger partial charge is 0.461 e. The number of aromatic nitrogens is 1. The first-order chi connectivity index (χ1) is 14.7. The highest BCUT2D eigenvalue weighted by Gasteiger charge is 2.51. The molecule has 2 aromatic rings. The molecule has 5 rings (SSSR count). The Balaban J connectivity index is 0.000000418. The standard InChI is InChI=1S/C22H25N2O2.ClHO4/c1-3-22-11-7-12-23-13-10-16-15-8-5-6-9-17(15)24(19(16)20(22)23)18(14-22)21(25)26-4-2;2-1(3,4)5/h5-6,8-9,14H,3-4,7,10-13H2,1-2H3;(H,2,3,4,5)/q+1;/p-1/t22-;/m0./s1. The second kappa shape index (κ2) is 8.03. The minimum Gasteiger partial charge on any atom is -0.461 e. The fourth-order valence-electron chi connectivity index (χ4n) is 5.31. The normalized spacial score (nSPS) is 21.8. The number of rotatable bonds is 3. The molecule has 31 heavy (non-hydrogen) atoms. The van der Waals surface area contributed by atoms with Crippen LogP contribution in [0.25, 0.3) is 16.6 Å². The van der Waals surface area contributed by atoms with Gasteiger partial charge in [0.2, 0.25) is 5.71 Å². The lowest BCUT2D eigenvalue weighted by atomic mass is 9.69. The highest BCUT2D eigenvalue weighted by Crippen LogP contribution is 2.47. The maximum Gasteiger partial charge on any atom is 0.355 e. The summed E-state index contributed by atoms with van der Waals surface area (Å²) in [5.74, 6) is -0.203. The van der Waals surface area contributed by atoms with Crippen LogP contribution < -0.4 is 18.6 Å². The van der Waals surface area contributed by atoms with Gasteiger partial charge < -0.3 is 4.74 Å². The maximum absolute atomic E-state index is 12.9. The Labute approximate surface area is 182 Å². The van der Waals surface area contributed by atoms with Gasteiger partial charge in [-0.1, -0.05) is 25.1 Å². The molecule has 0 amide bonds. The average molecular weight is 449 g/mol. The van der Waals surface area contributed by atoms with Gasteiger partial charge in [-0.2, -0.15) is 0 Å². The molecule has 8 nitrogen and oxygen atoms in total. The summed E-state index contributed by atoms with van der Waals surface area (Å²) >= 11 is 0. The van der Waals surface area contributed by atoms with Crippen molar-refractivity contribution >= 4 is 28.3 Å². The van der Waals surface area contributed by atoms with E-state index in [4.69, 9.17) is 23.4 Å². The van der Waals surface area contributed by atoms with Crippen LogP contribution in [-0.2, 0) is 16.0 Å². The topological polar surface area (TPSA) is 126 Å². The van der Waals surface area contributed by atoms with Gasteiger partial charge in [-0.15, -0.1) is 10.2 Å². The van der Waals surface area contributed by atoms with E-state index in [9.17, 15) is 4.79 Å². The molecule has 0 aliphatic carbocycles.